The molecule has 170 valence electrons. The van der Waals surface area contributed by atoms with Gasteiger partial charge in [0.2, 0.25) is 5.91 Å². The molecule has 0 bridgehead atoms. The molecule has 0 radical (unpaired) electrons. The van der Waals surface area contributed by atoms with Crippen LogP contribution in [0, 0.1) is 5.92 Å². The zero-order valence-corrected chi connectivity index (χ0v) is 19.7. The zero-order valence-electron chi connectivity index (χ0n) is 18.1. The highest BCUT2D eigenvalue weighted by Gasteiger charge is 2.43. The second-order valence-electron chi connectivity index (χ2n) is 8.19. The molecule has 32 heavy (non-hydrogen) atoms. The Bertz CT molecular complexity index is 1020. The normalized spacial score (nSPS) is 20.5. The second-order valence-corrected chi connectivity index (χ2v) is 9.03. The summed E-state index contributed by atoms with van der Waals surface area (Å²) in [6.45, 7) is 2.25. The predicted octanol–water partition coefficient (Wildman–Crippen LogP) is 4.49. The number of hydrogen-bond donors (Lipinski definition) is 0. The van der Waals surface area contributed by atoms with E-state index in [9.17, 15) is 9.59 Å². The van der Waals surface area contributed by atoms with Gasteiger partial charge in [-0.25, -0.2) is 0 Å². The molecule has 8 heteroatoms. The number of halogens is 2. The minimum atomic E-state index is -0.356. The first-order chi connectivity index (χ1) is 15.4. The van der Waals surface area contributed by atoms with E-state index in [1.54, 1.807) is 37.3 Å². The number of benzene rings is 2. The van der Waals surface area contributed by atoms with Gasteiger partial charge < -0.3 is 19.3 Å². The third-order valence-corrected chi connectivity index (χ3v) is 6.89. The molecular formula is C24H26Cl2N2O4. The second kappa shape index (κ2) is 9.59. The number of carbonyl (C=O) groups is 2. The fourth-order valence-electron chi connectivity index (χ4n) is 4.67. The Labute approximate surface area is 198 Å². The SMILES string of the molecule is COc1ccc([C@@H]2CN(C(=O)c3ccc(Cl)cc3Cl)C[C@H]2C(=O)N2CCCC2)c(OC)c1. The molecule has 6 nitrogen and oxygen atoms in total. The lowest BCUT2D eigenvalue weighted by Gasteiger charge is -2.25. The number of rotatable bonds is 5. The van der Waals surface area contributed by atoms with E-state index in [4.69, 9.17) is 32.7 Å². The quantitative estimate of drug-likeness (QED) is 0.637. The van der Waals surface area contributed by atoms with Gasteiger partial charge in [0.15, 0.2) is 0 Å². The first kappa shape index (κ1) is 22.7. The van der Waals surface area contributed by atoms with Gasteiger partial charge in [-0.2, -0.15) is 0 Å². The molecule has 2 aliphatic heterocycles. The third kappa shape index (κ3) is 4.39. The van der Waals surface area contributed by atoms with E-state index in [1.807, 2.05) is 23.1 Å². The van der Waals surface area contributed by atoms with Gasteiger partial charge in [-0.1, -0.05) is 29.3 Å². The minimum absolute atomic E-state index is 0.0860. The molecule has 2 aromatic rings. The summed E-state index contributed by atoms with van der Waals surface area (Å²) >= 11 is 12.3. The van der Waals surface area contributed by atoms with Crippen molar-refractivity contribution in [1.29, 1.82) is 0 Å². The van der Waals surface area contributed by atoms with Crippen LogP contribution in [-0.2, 0) is 4.79 Å². The van der Waals surface area contributed by atoms with Crippen LogP contribution >= 0.6 is 23.2 Å². The first-order valence-electron chi connectivity index (χ1n) is 10.7. The van der Waals surface area contributed by atoms with Crippen LogP contribution in [0.5, 0.6) is 11.5 Å². The number of likely N-dealkylation sites (tertiary alicyclic amines) is 2. The maximum Gasteiger partial charge on any atom is 0.255 e. The summed E-state index contributed by atoms with van der Waals surface area (Å²) < 4.78 is 10.9. The molecule has 0 spiro atoms. The fourth-order valence-corrected chi connectivity index (χ4v) is 5.15. The zero-order chi connectivity index (χ0) is 22.8. The number of methoxy groups -OCH3 is 2. The predicted molar refractivity (Wildman–Crippen MR) is 124 cm³/mol. The summed E-state index contributed by atoms with van der Waals surface area (Å²) in [5, 5.41) is 0.770. The topological polar surface area (TPSA) is 59.1 Å². The summed E-state index contributed by atoms with van der Waals surface area (Å²) in [4.78, 5) is 30.4. The average Bonchev–Trinajstić information content (AvgIpc) is 3.48. The van der Waals surface area contributed by atoms with Crippen LogP contribution < -0.4 is 9.47 Å². The highest BCUT2D eigenvalue weighted by atomic mass is 35.5. The number of ether oxygens (including phenoxy) is 2. The largest absolute Gasteiger partial charge is 0.497 e. The Morgan fingerprint density at radius 1 is 0.938 bits per heavy atom. The van der Waals surface area contributed by atoms with E-state index in [0.29, 0.717) is 40.2 Å². The Balaban J connectivity index is 1.68. The van der Waals surface area contributed by atoms with Crippen molar-refractivity contribution in [1.82, 2.24) is 9.80 Å². The lowest BCUT2D eigenvalue weighted by molar-refractivity contribution is -0.134. The van der Waals surface area contributed by atoms with Gasteiger partial charge in [-0.15, -0.1) is 0 Å². The molecule has 2 heterocycles. The van der Waals surface area contributed by atoms with Crippen LogP contribution in [-0.4, -0.2) is 62.0 Å². The summed E-state index contributed by atoms with van der Waals surface area (Å²) in [6, 6.07) is 10.4. The van der Waals surface area contributed by atoms with Crippen LogP contribution in [0.2, 0.25) is 10.0 Å². The van der Waals surface area contributed by atoms with Crippen molar-refractivity contribution in [3.63, 3.8) is 0 Å². The van der Waals surface area contributed by atoms with Crippen LogP contribution in [0.4, 0.5) is 0 Å². The lowest BCUT2D eigenvalue weighted by Crippen LogP contribution is -2.37. The molecular weight excluding hydrogens is 451 g/mol. The van der Waals surface area contributed by atoms with Crippen molar-refractivity contribution in [2.45, 2.75) is 18.8 Å². The lowest BCUT2D eigenvalue weighted by atomic mass is 9.87. The van der Waals surface area contributed by atoms with Crippen molar-refractivity contribution < 1.29 is 19.1 Å². The van der Waals surface area contributed by atoms with Gasteiger partial charge in [0.05, 0.1) is 30.7 Å². The summed E-state index contributed by atoms with van der Waals surface area (Å²) in [5.41, 5.74) is 1.27. The van der Waals surface area contributed by atoms with E-state index in [1.165, 1.54) is 0 Å². The smallest absolute Gasteiger partial charge is 0.255 e. The maximum absolute atomic E-state index is 13.4. The van der Waals surface area contributed by atoms with Gasteiger partial charge in [0, 0.05) is 48.7 Å². The molecule has 2 fully saturated rings. The number of hydrogen-bond acceptors (Lipinski definition) is 4. The maximum atomic E-state index is 13.4. The highest BCUT2D eigenvalue weighted by Crippen LogP contribution is 2.41. The molecule has 0 aromatic heterocycles. The van der Waals surface area contributed by atoms with Crippen LogP contribution in [0.25, 0.3) is 0 Å². The van der Waals surface area contributed by atoms with E-state index in [2.05, 4.69) is 0 Å². The molecule has 0 unspecified atom stereocenters. The molecule has 4 rings (SSSR count). The van der Waals surface area contributed by atoms with E-state index in [-0.39, 0.29) is 23.7 Å². The van der Waals surface area contributed by atoms with Crippen LogP contribution in [0.15, 0.2) is 36.4 Å². The monoisotopic (exact) mass is 476 g/mol. The van der Waals surface area contributed by atoms with Crippen molar-refractivity contribution in [2.75, 3.05) is 40.4 Å². The Kier molecular flexibility index (Phi) is 6.82. The standard InChI is InChI=1S/C24H26Cl2N2O4/c1-31-16-6-8-17(22(12-16)32-2)19-13-28(14-20(19)24(30)27-9-3-4-10-27)23(29)18-7-5-15(25)11-21(18)26/h5-8,11-12,19-20H,3-4,9-10,13-14H2,1-2H3/t19-,20+/m0/s1. The first-order valence-corrected chi connectivity index (χ1v) is 11.4. The van der Waals surface area contributed by atoms with Gasteiger partial charge in [0.1, 0.15) is 11.5 Å². The van der Waals surface area contributed by atoms with Crippen LogP contribution in [0.3, 0.4) is 0 Å². The van der Waals surface area contributed by atoms with E-state index >= 15 is 0 Å². The molecule has 0 N–H and O–H groups in total. The molecule has 2 saturated heterocycles. The Morgan fingerprint density at radius 2 is 1.69 bits per heavy atom. The molecule has 0 saturated carbocycles. The molecule has 0 aliphatic carbocycles. The number of nitrogens with zero attached hydrogens (tertiary/aromatic N) is 2. The summed E-state index contributed by atoms with van der Waals surface area (Å²) in [5.74, 6) is 0.646. The van der Waals surface area contributed by atoms with Crippen molar-refractivity contribution in [3.05, 3.63) is 57.6 Å². The average molecular weight is 477 g/mol. The fraction of sp³-hybridized carbons (Fsp3) is 0.417. The molecule has 2 amide bonds. The number of amides is 2. The Morgan fingerprint density at radius 3 is 2.34 bits per heavy atom. The summed E-state index contributed by atoms with van der Waals surface area (Å²) in [6.07, 6.45) is 2.02. The number of carbonyl (C=O) groups excluding carboxylic acids is 2. The molecule has 2 atom stereocenters. The minimum Gasteiger partial charge on any atom is -0.497 e. The van der Waals surface area contributed by atoms with Gasteiger partial charge in [-0.05, 0) is 37.1 Å². The molecule has 2 aromatic carbocycles. The van der Waals surface area contributed by atoms with Gasteiger partial charge in [0.25, 0.3) is 5.91 Å². The van der Waals surface area contributed by atoms with Crippen LogP contribution in [0.1, 0.15) is 34.7 Å². The van der Waals surface area contributed by atoms with Gasteiger partial charge >= 0.3 is 0 Å². The summed E-state index contributed by atoms with van der Waals surface area (Å²) in [7, 11) is 3.20. The van der Waals surface area contributed by atoms with Crippen molar-refractivity contribution >= 4 is 35.0 Å². The van der Waals surface area contributed by atoms with E-state index < -0.39 is 0 Å². The van der Waals surface area contributed by atoms with Crippen molar-refractivity contribution in [3.8, 4) is 11.5 Å². The van der Waals surface area contributed by atoms with Crippen molar-refractivity contribution in [2.24, 2.45) is 5.92 Å². The Hall–Kier alpha value is -2.44. The molecule has 2 aliphatic rings. The third-order valence-electron chi connectivity index (χ3n) is 6.34. The van der Waals surface area contributed by atoms with E-state index in [0.717, 1.165) is 31.5 Å². The highest BCUT2D eigenvalue weighted by molar-refractivity contribution is 6.36. The van der Waals surface area contributed by atoms with Gasteiger partial charge in [-0.3, -0.25) is 9.59 Å².